The Balaban J connectivity index is 3.32. The van der Waals surface area contributed by atoms with Gasteiger partial charge in [-0.1, -0.05) is 13.8 Å². The van der Waals surface area contributed by atoms with Crippen molar-refractivity contribution in [2.75, 3.05) is 44.7 Å². The van der Waals surface area contributed by atoms with Gasteiger partial charge in [0.2, 0.25) is 0 Å². The summed E-state index contributed by atoms with van der Waals surface area (Å²) >= 11 is 0. The van der Waals surface area contributed by atoms with Crippen LogP contribution in [0, 0.1) is 0 Å². The molecule has 0 aliphatic rings. The van der Waals surface area contributed by atoms with Crippen molar-refractivity contribution in [1.29, 1.82) is 0 Å². The van der Waals surface area contributed by atoms with Crippen molar-refractivity contribution in [3.05, 3.63) is 0 Å². The van der Waals surface area contributed by atoms with Crippen LogP contribution in [0.2, 0.25) is 0 Å². The zero-order chi connectivity index (χ0) is 11.7. The maximum absolute atomic E-state index is 10.8. The molecule has 0 aromatic rings. The van der Waals surface area contributed by atoms with Crippen LogP contribution in [0.5, 0.6) is 0 Å². The number of nitrogens with one attached hydrogen (secondary N) is 1. The van der Waals surface area contributed by atoms with Gasteiger partial charge in [-0.25, -0.2) is 8.42 Å². The first kappa shape index (κ1) is 14.9. The van der Waals surface area contributed by atoms with Crippen molar-refractivity contribution in [2.24, 2.45) is 0 Å². The summed E-state index contributed by atoms with van der Waals surface area (Å²) in [5.74, 6) is 0.234. The highest BCUT2D eigenvalue weighted by Gasteiger charge is 2.01. The molecule has 4 nitrogen and oxygen atoms in total. The molecule has 0 unspecified atom stereocenters. The van der Waals surface area contributed by atoms with E-state index in [0.717, 1.165) is 32.6 Å². The van der Waals surface area contributed by atoms with E-state index in [2.05, 4.69) is 24.1 Å². The molecule has 0 fully saturated rings. The van der Waals surface area contributed by atoms with Crippen molar-refractivity contribution in [1.82, 2.24) is 10.2 Å². The standard InChI is InChI=1S/C10H24N2O2S/c1-4-12(5-2)9-6-7-11-8-10-15(3,13)14/h11H,4-10H2,1-3H3. The average Bonchev–Trinajstić information content (AvgIpc) is 2.15. The first-order valence-corrected chi connectivity index (χ1v) is 7.66. The van der Waals surface area contributed by atoms with Gasteiger partial charge in [0.15, 0.2) is 0 Å². The zero-order valence-electron chi connectivity index (χ0n) is 10.1. The van der Waals surface area contributed by atoms with Gasteiger partial charge in [0.25, 0.3) is 0 Å². The highest BCUT2D eigenvalue weighted by molar-refractivity contribution is 7.90. The van der Waals surface area contributed by atoms with Crippen LogP contribution >= 0.6 is 0 Å². The quantitative estimate of drug-likeness (QED) is 0.587. The van der Waals surface area contributed by atoms with Crippen LogP contribution in [-0.2, 0) is 9.84 Å². The van der Waals surface area contributed by atoms with E-state index < -0.39 is 9.84 Å². The molecule has 5 heteroatoms. The smallest absolute Gasteiger partial charge is 0.148 e. The van der Waals surface area contributed by atoms with E-state index in [4.69, 9.17) is 0 Å². The Morgan fingerprint density at radius 3 is 2.20 bits per heavy atom. The van der Waals surface area contributed by atoms with Gasteiger partial charge in [-0.05, 0) is 32.6 Å². The van der Waals surface area contributed by atoms with Gasteiger partial charge in [0.05, 0.1) is 5.75 Å². The fourth-order valence-corrected chi connectivity index (χ4v) is 1.87. The molecule has 1 N–H and O–H groups in total. The van der Waals surface area contributed by atoms with Gasteiger partial charge >= 0.3 is 0 Å². The first-order valence-electron chi connectivity index (χ1n) is 5.60. The molecule has 0 saturated heterocycles. The third kappa shape index (κ3) is 10.2. The molecule has 92 valence electrons. The van der Waals surface area contributed by atoms with Gasteiger partial charge in [-0.3, -0.25) is 0 Å². The second-order valence-electron chi connectivity index (χ2n) is 3.76. The van der Waals surface area contributed by atoms with Gasteiger partial charge in [0, 0.05) is 12.8 Å². The molecule has 0 atom stereocenters. The van der Waals surface area contributed by atoms with E-state index in [9.17, 15) is 8.42 Å². The summed E-state index contributed by atoms with van der Waals surface area (Å²) in [7, 11) is -2.81. The first-order chi connectivity index (χ1) is 6.99. The van der Waals surface area contributed by atoms with Crippen molar-refractivity contribution in [2.45, 2.75) is 20.3 Å². The van der Waals surface area contributed by atoms with Crippen LogP contribution in [-0.4, -0.2) is 58.1 Å². The maximum atomic E-state index is 10.8. The number of nitrogens with zero attached hydrogens (tertiary/aromatic N) is 1. The molecule has 0 aromatic carbocycles. The molecule has 0 bridgehead atoms. The van der Waals surface area contributed by atoms with Gasteiger partial charge < -0.3 is 10.2 Å². The number of rotatable bonds is 9. The van der Waals surface area contributed by atoms with E-state index in [1.807, 2.05) is 0 Å². The topological polar surface area (TPSA) is 49.4 Å². The summed E-state index contributed by atoms with van der Waals surface area (Å²) in [4.78, 5) is 2.36. The third-order valence-corrected chi connectivity index (χ3v) is 3.32. The Bertz CT molecular complexity index is 236. The van der Waals surface area contributed by atoms with E-state index >= 15 is 0 Å². The summed E-state index contributed by atoms with van der Waals surface area (Å²) < 4.78 is 21.6. The molecule has 0 aliphatic heterocycles. The Kier molecular flexibility index (Phi) is 8.00. The van der Waals surface area contributed by atoms with Crippen LogP contribution in [0.4, 0.5) is 0 Å². The molecule has 0 spiro atoms. The highest BCUT2D eigenvalue weighted by atomic mass is 32.2. The van der Waals surface area contributed by atoms with Crippen LogP contribution < -0.4 is 5.32 Å². The third-order valence-electron chi connectivity index (χ3n) is 2.37. The summed E-state index contributed by atoms with van der Waals surface area (Å²) in [5.41, 5.74) is 0. The van der Waals surface area contributed by atoms with Crippen LogP contribution in [0.1, 0.15) is 20.3 Å². The Morgan fingerprint density at radius 2 is 1.73 bits per heavy atom. The summed E-state index contributed by atoms with van der Waals surface area (Å²) in [5, 5.41) is 3.14. The predicted molar refractivity (Wildman–Crippen MR) is 65.0 cm³/mol. The van der Waals surface area contributed by atoms with Crippen LogP contribution in [0.3, 0.4) is 0 Å². The molecule has 0 radical (unpaired) electrons. The minimum Gasteiger partial charge on any atom is -0.316 e. The van der Waals surface area contributed by atoms with Gasteiger partial charge in [-0.2, -0.15) is 0 Å². The summed E-state index contributed by atoms with van der Waals surface area (Å²) in [6.07, 6.45) is 2.34. The van der Waals surface area contributed by atoms with Crippen molar-refractivity contribution >= 4 is 9.84 Å². The van der Waals surface area contributed by atoms with Crippen LogP contribution in [0.25, 0.3) is 0 Å². The average molecular weight is 236 g/mol. The molecule has 0 amide bonds. The molecule has 0 aliphatic carbocycles. The van der Waals surface area contributed by atoms with E-state index in [1.54, 1.807) is 0 Å². The summed E-state index contributed by atoms with van der Waals surface area (Å²) in [6, 6.07) is 0. The Labute approximate surface area is 94.0 Å². The second kappa shape index (κ2) is 8.07. The molecular formula is C10H24N2O2S. The fraction of sp³-hybridized carbons (Fsp3) is 1.00. The lowest BCUT2D eigenvalue weighted by Gasteiger charge is -2.17. The summed E-state index contributed by atoms with van der Waals surface area (Å²) in [6.45, 7) is 9.02. The number of sulfone groups is 1. The van der Waals surface area contributed by atoms with Gasteiger partial charge in [0.1, 0.15) is 9.84 Å². The molecule has 0 rings (SSSR count). The van der Waals surface area contributed by atoms with Crippen molar-refractivity contribution in [3.8, 4) is 0 Å². The monoisotopic (exact) mass is 236 g/mol. The lowest BCUT2D eigenvalue weighted by Crippen LogP contribution is -2.29. The van der Waals surface area contributed by atoms with Crippen molar-refractivity contribution in [3.63, 3.8) is 0 Å². The Hall–Kier alpha value is -0.130. The van der Waals surface area contributed by atoms with E-state index in [-0.39, 0.29) is 5.75 Å². The van der Waals surface area contributed by atoms with Crippen molar-refractivity contribution < 1.29 is 8.42 Å². The zero-order valence-corrected chi connectivity index (χ0v) is 10.9. The second-order valence-corrected chi connectivity index (χ2v) is 6.02. The normalized spacial score (nSPS) is 12.3. The minimum atomic E-state index is -2.81. The lowest BCUT2D eigenvalue weighted by atomic mass is 10.3. The Morgan fingerprint density at radius 1 is 1.13 bits per heavy atom. The predicted octanol–water partition coefficient (Wildman–Crippen LogP) is 0.353. The molecule has 15 heavy (non-hydrogen) atoms. The molecule has 0 saturated carbocycles. The van der Waals surface area contributed by atoms with E-state index in [0.29, 0.717) is 6.54 Å². The molecule has 0 aromatic heterocycles. The van der Waals surface area contributed by atoms with Crippen LogP contribution in [0.15, 0.2) is 0 Å². The van der Waals surface area contributed by atoms with Gasteiger partial charge in [-0.15, -0.1) is 0 Å². The lowest BCUT2D eigenvalue weighted by molar-refractivity contribution is 0.298. The fourth-order valence-electron chi connectivity index (χ4n) is 1.35. The molecule has 0 heterocycles. The number of hydrogen-bond acceptors (Lipinski definition) is 4. The minimum absolute atomic E-state index is 0.234. The highest BCUT2D eigenvalue weighted by Crippen LogP contribution is 1.89. The number of hydrogen-bond donors (Lipinski definition) is 1. The maximum Gasteiger partial charge on any atom is 0.148 e. The largest absolute Gasteiger partial charge is 0.316 e. The SMILES string of the molecule is CCN(CC)CCCNCCS(C)(=O)=O. The molecular weight excluding hydrogens is 212 g/mol. The van der Waals surface area contributed by atoms with E-state index in [1.165, 1.54) is 6.26 Å².